The molecule has 25 heavy (non-hydrogen) atoms. The summed E-state index contributed by atoms with van der Waals surface area (Å²) >= 11 is 5.92. The van der Waals surface area contributed by atoms with Crippen molar-refractivity contribution in [2.75, 3.05) is 7.11 Å². The van der Waals surface area contributed by atoms with Crippen molar-refractivity contribution in [1.82, 2.24) is 24.7 Å². The zero-order valence-corrected chi connectivity index (χ0v) is 14.0. The maximum atomic E-state index is 12.5. The number of aryl methyl sites for hydroxylation is 1. The summed E-state index contributed by atoms with van der Waals surface area (Å²) in [6, 6.07) is 8.57. The van der Waals surface area contributed by atoms with E-state index in [1.165, 1.54) is 17.7 Å². The fourth-order valence-electron chi connectivity index (χ4n) is 2.54. The van der Waals surface area contributed by atoms with Crippen LogP contribution in [0.25, 0.3) is 28.4 Å². The topological polar surface area (TPSA) is 98.3 Å². The van der Waals surface area contributed by atoms with Crippen LogP contribution in [0.3, 0.4) is 0 Å². The van der Waals surface area contributed by atoms with Crippen LogP contribution in [-0.4, -0.2) is 31.8 Å². The second-order valence-electron chi connectivity index (χ2n) is 5.32. The minimum Gasteiger partial charge on any atom is -0.479 e. The SMILES string of the molecule is COc1nn2c(=O)cc(-c3ccc(Cl)cc3)[nH]c2c1-c1nc(C)no1. The molecule has 3 aromatic heterocycles. The standard InChI is InChI=1S/C16H12ClN5O3/c1-8-18-15(25-21-8)13-14-19-11(9-3-5-10(17)6-4-9)7-12(23)22(14)20-16(13)24-2/h3-7,19H,1-2H3. The number of aromatic amines is 1. The quantitative estimate of drug-likeness (QED) is 0.605. The highest BCUT2D eigenvalue weighted by atomic mass is 35.5. The largest absolute Gasteiger partial charge is 0.479 e. The molecule has 0 bridgehead atoms. The molecule has 3 heterocycles. The average molecular weight is 358 g/mol. The lowest BCUT2D eigenvalue weighted by Crippen LogP contribution is -2.14. The molecule has 4 rings (SSSR count). The van der Waals surface area contributed by atoms with Crippen LogP contribution in [-0.2, 0) is 0 Å². The van der Waals surface area contributed by atoms with E-state index in [4.69, 9.17) is 20.9 Å². The fourth-order valence-corrected chi connectivity index (χ4v) is 2.67. The average Bonchev–Trinajstić information content (AvgIpc) is 3.18. The third kappa shape index (κ3) is 2.56. The molecule has 1 N–H and O–H groups in total. The molecule has 8 nitrogen and oxygen atoms in total. The van der Waals surface area contributed by atoms with Gasteiger partial charge in [-0.05, 0) is 24.6 Å². The lowest BCUT2D eigenvalue weighted by molar-refractivity contribution is 0.389. The first kappa shape index (κ1) is 15.4. The molecule has 0 unspecified atom stereocenters. The van der Waals surface area contributed by atoms with Crippen LogP contribution in [0, 0.1) is 6.92 Å². The number of nitrogens with zero attached hydrogens (tertiary/aromatic N) is 4. The Kier molecular flexibility index (Phi) is 3.54. The number of hydrogen-bond acceptors (Lipinski definition) is 6. The first-order valence-electron chi connectivity index (χ1n) is 7.33. The summed E-state index contributed by atoms with van der Waals surface area (Å²) in [6.07, 6.45) is 0. The molecule has 126 valence electrons. The molecule has 0 aliphatic rings. The van der Waals surface area contributed by atoms with Crippen LogP contribution >= 0.6 is 11.6 Å². The van der Waals surface area contributed by atoms with Crippen molar-refractivity contribution in [2.45, 2.75) is 6.92 Å². The molecular weight excluding hydrogens is 346 g/mol. The van der Waals surface area contributed by atoms with Gasteiger partial charge in [0, 0.05) is 11.1 Å². The van der Waals surface area contributed by atoms with Crippen LogP contribution in [0.2, 0.25) is 5.02 Å². The minimum atomic E-state index is -0.320. The first-order valence-corrected chi connectivity index (χ1v) is 7.71. The molecular formula is C16H12ClN5O3. The summed E-state index contributed by atoms with van der Waals surface area (Å²) in [4.78, 5) is 19.9. The molecule has 0 aliphatic heterocycles. The number of ether oxygens (including phenoxy) is 1. The summed E-state index contributed by atoms with van der Waals surface area (Å²) in [5, 5.41) is 8.56. The van der Waals surface area contributed by atoms with Gasteiger partial charge in [0.25, 0.3) is 11.4 Å². The number of methoxy groups -OCH3 is 1. The number of fused-ring (bicyclic) bond motifs is 1. The van der Waals surface area contributed by atoms with Gasteiger partial charge in [0.1, 0.15) is 5.56 Å². The normalized spacial score (nSPS) is 11.2. The maximum absolute atomic E-state index is 12.5. The minimum absolute atomic E-state index is 0.213. The number of hydrogen-bond donors (Lipinski definition) is 1. The van der Waals surface area contributed by atoms with Gasteiger partial charge >= 0.3 is 0 Å². The van der Waals surface area contributed by atoms with Gasteiger partial charge in [0.15, 0.2) is 11.5 Å². The number of nitrogens with one attached hydrogen (secondary N) is 1. The molecule has 0 spiro atoms. The lowest BCUT2D eigenvalue weighted by Gasteiger charge is -2.03. The lowest BCUT2D eigenvalue weighted by atomic mass is 10.1. The predicted octanol–water partition coefficient (Wildman–Crippen LogP) is 2.71. The highest BCUT2D eigenvalue weighted by molar-refractivity contribution is 6.30. The van der Waals surface area contributed by atoms with Crippen molar-refractivity contribution < 1.29 is 9.26 Å². The van der Waals surface area contributed by atoms with Gasteiger partial charge in [0.2, 0.25) is 5.88 Å². The van der Waals surface area contributed by atoms with E-state index >= 15 is 0 Å². The van der Waals surface area contributed by atoms with E-state index in [1.807, 2.05) is 12.1 Å². The number of rotatable bonds is 3. The summed E-state index contributed by atoms with van der Waals surface area (Å²) < 4.78 is 11.7. The summed E-state index contributed by atoms with van der Waals surface area (Å²) in [6.45, 7) is 1.70. The zero-order valence-electron chi connectivity index (χ0n) is 13.3. The molecule has 0 amide bonds. The Bertz CT molecular complexity index is 1130. The molecule has 9 heteroatoms. The van der Waals surface area contributed by atoms with Crippen LogP contribution in [0.5, 0.6) is 5.88 Å². The van der Waals surface area contributed by atoms with Crippen molar-refractivity contribution in [3.05, 3.63) is 51.5 Å². The molecule has 4 aromatic rings. The molecule has 0 saturated carbocycles. The zero-order chi connectivity index (χ0) is 17.6. The Hall–Kier alpha value is -3.13. The second kappa shape index (κ2) is 5.75. The van der Waals surface area contributed by atoms with Crippen LogP contribution in [0.4, 0.5) is 0 Å². The molecule has 1 aromatic carbocycles. The fraction of sp³-hybridized carbons (Fsp3) is 0.125. The highest BCUT2D eigenvalue weighted by Crippen LogP contribution is 2.31. The van der Waals surface area contributed by atoms with Gasteiger partial charge in [-0.3, -0.25) is 4.79 Å². The van der Waals surface area contributed by atoms with Gasteiger partial charge in [-0.15, -0.1) is 5.10 Å². The predicted molar refractivity (Wildman–Crippen MR) is 90.8 cm³/mol. The molecule has 0 atom stereocenters. The van der Waals surface area contributed by atoms with Gasteiger partial charge in [-0.2, -0.15) is 9.50 Å². The van der Waals surface area contributed by atoms with E-state index in [0.29, 0.717) is 27.8 Å². The maximum Gasteiger partial charge on any atom is 0.275 e. The van der Waals surface area contributed by atoms with E-state index in [9.17, 15) is 4.79 Å². The number of H-pyrrole nitrogens is 1. The van der Waals surface area contributed by atoms with Gasteiger partial charge in [-0.1, -0.05) is 28.9 Å². The molecule has 0 fully saturated rings. The number of halogens is 1. The van der Waals surface area contributed by atoms with E-state index < -0.39 is 0 Å². The first-order chi connectivity index (χ1) is 12.1. The summed E-state index contributed by atoms with van der Waals surface area (Å²) in [5.41, 5.74) is 1.92. The highest BCUT2D eigenvalue weighted by Gasteiger charge is 2.23. The van der Waals surface area contributed by atoms with Gasteiger partial charge < -0.3 is 14.2 Å². The van der Waals surface area contributed by atoms with Crippen molar-refractivity contribution in [3.63, 3.8) is 0 Å². The van der Waals surface area contributed by atoms with Crippen molar-refractivity contribution in [2.24, 2.45) is 0 Å². The van der Waals surface area contributed by atoms with Crippen LogP contribution < -0.4 is 10.3 Å². The third-order valence-electron chi connectivity index (χ3n) is 3.67. The second-order valence-corrected chi connectivity index (χ2v) is 5.76. The van der Waals surface area contributed by atoms with E-state index in [0.717, 1.165) is 5.56 Å². The summed E-state index contributed by atoms with van der Waals surface area (Å²) in [5.74, 6) is 0.895. The van der Waals surface area contributed by atoms with Crippen molar-refractivity contribution in [1.29, 1.82) is 0 Å². The van der Waals surface area contributed by atoms with E-state index in [1.54, 1.807) is 19.1 Å². The number of benzene rings is 1. The van der Waals surface area contributed by atoms with E-state index in [2.05, 4.69) is 20.2 Å². The van der Waals surface area contributed by atoms with Crippen LogP contribution in [0.1, 0.15) is 5.82 Å². The Morgan fingerprint density at radius 3 is 2.68 bits per heavy atom. The molecule has 0 saturated heterocycles. The van der Waals surface area contributed by atoms with Gasteiger partial charge in [0.05, 0.1) is 12.8 Å². The number of aromatic nitrogens is 5. The van der Waals surface area contributed by atoms with Crippen molar-refractivity contribution in [3.8, 4) is 28.6 Å². The Morgan fingerprint density at radius 2 is 2.04 bits per heavy atom. The molecule has 0 aliphatic carbocycles. The Morgan fingerprint density at radius 1 is 1.28 bits per heavy atom. The van der Waals surface area contributed by atoms with Crippen LogP contribution in [0.15, 0.2) is 39.6 Å². The third-order valence-corrected chi connectivity index (χ3v) is 3.92. The smallest absolute Gasteiger partial charge is 0.275 e. The van der Waals surface area contributed by atoms with Crippen molar-refractivity contribution >= 4 is 17.2 Å². The Balaban J connectivity index is 2.01. The van der Waals surface area contributed by atoms with E-state index in [-0.39, 0.29) is 17.3 Å². The summed E-state index contributed by atoms with van der Waals surface area (Å²) in [7, 11) is 1.46. The Labute approximate surface area is 146 Å². The van der Waals surface area contributed by atoms with Gasteiger partial charge in [-0.25, -0.2) is 0 Å². The monoisotopic (exact) mass is 357 g/mol. The molecule has 0 radical (unpaired) electrons.